The maximum Gasteiger partial charge on any atom is 0.409 e. The van der Waals surface area contributed by atoms with Gasteiger partial charge in [-0.15, -0.1) is 0 Å². The Labute approximate surface area is 144 Å². The lowest BCUT2D eigenvalue weighted by Gasteiger charge is -2.29. The second kappa shape index (κ2) is 7.04. The van der Waals surface area contributed by atoms with E-state index in [0.29, 0.717) is 0 Å². The molecule has 25 heavy (non-hydrogen) atoms. The van der Waals surface area contributed by atoms with Crippen LogP contribution in [0.25, 0.3) is 10.8 Å². The fourth-order valence-corrected chi connectivity index (χ4v) is 3.34. The lowest BCUT2D eigenvalue weighted by atomic mass is 9.96. The number of hydrazine groups is 1. The number of amides is 1. The number of carbonyl (C=O) groups is 1. The minimum Gasteiger partial charge on any atom is -0.288 e. The van der Waals surface area contributed by atoms with Crippen molar-refractivity contribution in [2.45, 2.75) is 44.8 Å². The molecule has 0 saturated carbocycles. The number of halogens is 3. The first kappa shape index (κ1) is 17.7. The summed E-state index contributed by atoms with van der Waals surface area (Å²) in [4.78, 5) is 11.4. The van der Waals surface area contributed by atoms with E-state index in [9.17, 15) is 18.0 Å². The Morgan fingerprint density at radius 3 is 2.68 bits per heavy atom. The molecule has 3 nitrogen and oxygen atoms in total. The number of aryl methyl sites for hydroxylation is 1. The standard InChI is InChI=1S/C19H21F3N2O/c1-2-3-5-13-6-4-7-14-8-9-15(12-16(13)14)18(19(20,21)22)24-11-10-17(25)23-24/h4,6-9,12,18H,2-3,5,10-11H2,1H3,(H,23,25). The van der Waals surface area contributed by atoms with Crippen LogP contribution in [0.1, 0.15) is 43.4 Å². The Bertz CT molecular complexity index is 773. The maximum absolute atomic E-state index is 13.7. The van der Waals surface area contributed by atoms with Gasteiger partial charge in [0.25, 0.3) is 0 Å². The number of benzene rings is 2. The second-order valence-corrected chi connectivity index (χ2v) is 6.42. The summed E-state index contributed by atoms with van der Waals surface area (Å²) in [5.74, 6) is -0.376. The zero-order chi connectivity index (χ0) is 18.0. The van der Waals surface area contributed by atoms with Crippen molar-refractivity contribution in [1.29, 1.82) is 0 Å². The molecule has 1 amide bonds. The topological polar surface area (TPSA) is 32.3 Å². The van der Waals surface area contributed by atoms with Crippen LogP contribution in [0.3, 0.4) is 0 Å². The Morgan fingerprint density at radius 2 is 2.04 bits per heavy atom. The van der Waals surface area contributed by atoms with Crippen molar-refractivity contribution in [2.75, 3.05) is 6.54 Å². The minimum absolute atomic E-state index is 0.0541. The molecule has 1 aliphatic rings. The first-order valence-corrected chi connectivity index (χ1v) is 8.54. The van der Waals surface area contributed by atoms with E-state index in [2.05, 4.69) is 12.3 Å². The quantitative estimate of drug-likeness (QED) is 0.860. The Hall–Kier alpha value is -2.08. The summed E-state index contributed by atoms with van der Waals surface area (Å²) in [7, 11) is 0. The molecule has 1 fully saturated rings. The maximum atomic E-state index is 13.7. The zero-order valence-electron chi connectivity index (χ0n) is 14.1. The largest absolute Gasteiger partial charge is 0.409 e. The van der Waals surface area contributed by atoms with E-state index < -0.39 is 12.2 Å². The van der Waals surface area contributed by atoms with Crippen LogP contribution in [0.5, 0.6) is 0 Å². The SMILES string of the molecule is CCCCc1cccc2ccc(C(N3CCC(=O)N3)C(F)(F)F)cc12. The third kappa shape index (κ3) is 3.79. The first-order valence-electron chi connectivity index (χ1n) is 8.54. The van der Waals surface area contributed by atoms with Crippen molar-refractivity contribution in [3.05, 3.63) is 47.5 Å². The van der Waals surface area contributed by atoms with E-state index in [4.69, 9.17) is 0 Å². The molecule has 1 atom stereocenters. The number of nitrogens with zero attached hydrogens (tertiary/aromatic N) is 1. The van der Waals surface area contributed by atoms with Crippen molar-refractivity contribution in [1.82, 2.24) is 10.4 Å². The normalized spacial score (nSPS) is 17.0. The number of hydrogen-bond acceptors (Lipinski definition) is 2. The third-order valence-corrected chi connectivity index (χ3v) is 4.58. The van der Waals surface area contributed by atoms with Gasteiger partial charge in [0.05, 0.1) is 0 Å². The van der Waals surface area contributed by atoms with E-state index in [1.807, 2.05) is 18.2 Å². The number of alkyl halides is 3. The van der Waals surface area contributed by atoms with E-state index in [1.165, 1.54) is 6.07 Å². The van der Waals surface area contributed by atoms with Crippen molar-refractivity contribution in [3.63, 3.8) is 0 Å². The molecule has 2 aromatic carbocycles. The van der Waals surface area contributed by atoms with Crippen molar-refractivity contribution < 1.29 is 18.0 Å². The molecule has 1 saturated heterocycles. The average molecular weight is 350 g/mol. The summed E-state index contributed by atoms with van der Waals surface area (Å²) in [5, 5.41) is 2.79. The molecule has 3 rings (SSSR count). The van der Waals surface area contributed by atoms with Gasteiger partial charge >= 0.3 is 6.18 Å². The van der Waals surface area contributed by atoms with Crippen LogP contribution in [0.15, 0.2) is 36.4 Å². The fourth-order valence-electron chi connectivity index (χ4n) is 3.34. The van der Waals surface area contributed by atoms with E-state index in [-0.39, 0.29) is 24.4 Å². The van der Waals surface area contributed by atoms with Crippen LogP contribution in [0, 0.1) is 0 Å². The number of rotatable bonds is 5. The van der Waals surface area contributed by atoms with Crippen molar-refractivity contribution >= 4 is 16.7 Å². The van der Waals surface area contributed by atoms with Crippen LogP contribution in [0.2, 0.25) is 0 Å². The third-order valence-electron chi connectivity index (χ3n) is 4.58. The fraction of sp³-hybridized carbons (Fsp3) is 0.421. The highest BCUT2D eigenvalue weighted by atomic mass is 19.4. The van der Waals surface area contributed by atoms with Crippen LogP contribution < -0.4 is 5.43 Å². The Kier molecular flexibility index (Phi) is 4.99. The highest BCUT2D eigenvalue weighted by Gasteiger charge is 2.46. The van der Waals surface area contributed by atoms with Crippen LogP contribution in [0.4, 0.5) is 13.2 Å². The number of nitrogens with one attached hydrogen (secondary N) is 1. The highest BCUT2D eigenvalue weighted by molar-refractivity contribution is 5.86. The van der Waals surface area contributed by atoms with Crippen LogP contribution in [-0.2, 0) is 11.2 Å². The molecule has 6 heteroatoms. The molecule has 0 bridgehead atoms. The molecule has 1 aliphatic heterocycles. The van der Waals surface area contributed by atoms with E-state index >= 15 is 0 Å². The van der Waals surface area contributed by atoms with E-state index in [0.717, 1.165) is 40.6 Å². The van der Waals surface area contributed by atoms with Gasteiger partial charge in [0, 0.05) is 13.0 Å². The predicted octanol–water partition coefficient (Wildman–Crippen LogP) is 4.52. The van der Waals surface area contributed by atoms with Gasteiger partial charge in [0.2, 0.25) is 5.91 Å². The van der Waals surface area contributed by atoms with Gasteiger partial charge in [-0.25, -0.2) is 5.01 Å². The first-order chi connectivity index (χ1) is 11.9. The van der Waals surface area contributed by atoms with Crippen LogP contribution in [-0.4, -0.2) is 23.6 Å². The van der Waals surface area contributed by atoms with Crippen LogP contribution >= 0.6 is 0 Å². The molecule has 1 N–H and O–H groups in total. The van der Waals surface area contributed by atoms with Gasteiger partial charge in [0.1, 0.15) is 6.04 Å². The summed E-state index contributed by atoms with van der Waals surface area (Å²) >= 11 is 0. The smallest absolute Gasteiger partial charge is 0.288 e. The summed E-state index contributed by atoms with van der Waals surface area (Å²) in [6.45, 7) is 2.14. The Balaban J connectivity index is 2.04. The lowest BCUT2D eigenvalue weighted by molar-refractivity contribution is -0.191. The summed E-state index contributed by atoms with van der Waals surface area (Å²) < 4.78 is 41.1. The lowest BCUT2D eigenvalue weighted by Crippen LogP contribution is -2.43. The second-order valence-electron chi connectivity index (χ2n) is 6.42. The molecule has 1 unspecified atom stereocenters. The van der Waals surface area contributed by atoms with Gasteiger partial charge in [-0.3, -0.25) is 10.2 Å². The summed E-state index contributed by atoms with van der Waals surface area (Å²) in [5.41, 5.74) is 3.55. The van der Waals surface area contributed by atoms with Gasteiger partial charge in [-0.05, 0) is 40.8 Å². The molecule has 2 aromatic rings. The van der Waals surface area contributed by atoms with Crippen molar-refractivity contribution in [3.8, 4) is 0 Å². The predicted molar refractivity (Wildman–Crippen MR) is 90.8 cm³/mol. The van der Waals surface area contributed by atoms with Gasteiger partial charge in [0.15, 0.2) is 0 Å². The van der Waals surface area contributed by atoms with E-state index in [1.54, 1.807) is 12.1 Å². The minimum atomic E-state index is -4.47. The van der Waals surface area contributed by atoms with Crippen molar-refractivity contribution in [2.24, 2.45) is 0 Å². The molecule has 0 spiro atoms. The zero-order valence-corrected chi connectivity index (χ0v) is 14.1. The summed E-state index contributed by atoms with van der Waals surface area (Å²) in [6, 6.07) is 8.86. The number of unbranched alkanes of at least 4 members (excludes halogenated alkanes) is 1. The molecule has 0 aromatic heterocycles. The Morgan fingerprint density at radius 1 is 1.24 bits per heavy atom. The number of fused-ring (bicyclic) bond motifs is 1. The average Bonchev–Trinajstić information content (AvgIpc) is 2.97. The van der Waals surface area contributed by atoms with Gasteiger partial charge in [-0.2, -0.15) is 13.2 Å². The van der Waals surface area contributed by atoms with Gasteiger partial charge < -0.3 is 0 Å². The molecule has 0 radical (unpaired) electrons. The molecule has 1 heterocycles. The molecule has 134 valence electrons. The highest BCUT2D eigenvalue weighted by Crippen LogP contribution is 2.39. The van der Waals surface area contributed by atoms with Gasteiger partial charge in [-0.1, -0.05) is 43.7 Å². The summed E-state index contributed by atoms with van der Waals surface area (Å²) in [6.07, 6.45) is -1.52. The number of carbonyl (C=O) groups excluding carboxylic acids is 1. The monoisotopic (exact) mass is 350 g/mol. The molecular formula is C19H21F3N2O. The molecule has 0 aliphatic carbocycles. The number of hydrogen-bond donors (Lipinski definition) is 1. The molecular weight excluding hydrogens is 329 g/mol.